The molecule has 0 radical (unpaired) electrons. The third-order valence-electron chi connectivity index (χ3n) is 2.03. The van der Waals surface area contributed by atoms with Gasteiger partial charge < -0.3 is 9.72 Å². The number of halogens is 1. The molecule has 0 atom stereocenters. The van der Waals surface area contributed by atoms with E-state index in [4.69, 9.17) is 17.0 Å². The molecule has 0 bridgehead atoms. The standard InChI is InChI=1S/C10H15BrN2OS/c1-3-4-7-9(11)10(15)13-8(12-7)5-6-14-2/h3-6H2,1-2H3,(H,12,13,15). The highest BCUT2D eigenvalue weighted by Gasteiger charge is 2.05. The van der Waals surface area contributed by atoms with Crippen LogP contribution in [-0.2, 0) is 17.6 Å². The SMILES string of the molecule is CCCc1[nH]c(CCOC)nc(=S)c1Br. The molecule has 15 heavy (non-hydrogen) atoms. The van der Waals surface area contributed by atoms with Crippen LogP contribution in [0.3, 0.4) is 0 Å². The zero-order valence-corrected chi connectivity index (χ0v) is 11.4. The van der Waals surface area contributed by atoms with Crippen LogP contribution in [-0.4, -0.2) is 23.7 Å². The summed E-state index contributed by atoms with van der Waals surface area (Å²) in [5.74, 6) is 0.897. The van der Waals surface area contributed by atoms with Crippen molar-refractivity contribution in [1.29, 1.82) is 0 Å². The van der Waals surface area contributed by atoms with E-state index in [1.807, 2.05) is 0 Å². The van der Waals surface area contributed by atoms with Crippen molar-refractivity contribution in [2.24, 2.45) is 0 Å². The molecule has 0 aromatic carbocycles. The molecular formula is C10H15BrN2OS. The lowest BCUT2D eigenvalue weighted by Gasteiger charge is -2.07. The first-order valence-corrected chi connectivity index (χ1v) is 6.15. The maximum absolute atomic E-state index is 5.17. The number of hydrogen-bond donors (Lipinski definition) is 1. The quantitative estimate of drug-likeness (QED) is 0.847. The maximum Gasteiger partial charge on any atom is 0.144 e. The van der Waals surface area contributed by atoms with Crippen molar-refractivity contribution in [3.63, 3.8) is 0 Å². The van der Waals surface area contributed by atoms with Crippen molar-refractivity contribution in [3.05, 3.63) is 20.6 Å². The molecule has 0 aliphatic carbocycles. The fraction of sp³-hybridized carbons (Fsp3) is 0.600. The highest BCUT2D eigenvalue weighted by molar-refractivity contribution is 9.10. The molecule has 1 heterocycles. The van der Waals surface area contributed by atoms with Gasteiger partial charge >= 0.3 is 0 Å². The summed E-state index contributed by atoms with van der Waals surface area (Å²) in [6.45, 7) is 2.80. The topological polar surface area (TPSA) is 37.9 Å². The van der Waals surface area contributed by atoms with Crippen LogP contribution >= 0.6 is 28.1 Å². The highest BCUT2D eigenvalue weighted by atomic mass is 79.9. The number of hydrogen-bond acceptors (Lipinski definition) is 3. The van der Waals surface area contributed by atoms with Crippen LogP contribution in [0.15, 0.2) is 4.47 Å². The van der Waals surface area contributed by atoms with Crippen molar-refractivity contribution < 1.29 is 4.74 Å². The first kappa shape index (κ1) is 12.8. The molecule has 0 saturated carbocycles. The van der Waals surface area contributed by atoms with E-state index in [9.17, 15) is 0 Å². The molecule has 3 nitrogen and oxygen atoms in total. The minimum atomic E-state index is 0.628. The van der Waals surface area contributed by atoms with E-state index in [2.05, 4.69) is 32.8 Å². The van der Waals surface area contributed by atoms with Crippen molar-refractivity contribution in [2.45, 2.75) is 26.2 Å². The van der Waals surface area contributed by atoms with Gasteiger partial charge in [0.1, 0.15) is 10.5 Å². The molecule has 1 aromatic heterocycles. The second-order valence-electron chi connectivity index (χ2n) is 3.27. The third kappa shape index (κ3) is 3.66. The zero-order chi connectivity index (χ0) is 11.3. The van der Waals surface area contributed by atoms with E-state index in [1.54, 1.807) is 7.11 Å². The van der Waals surface area contributed by atoms with Gasteiger partial charge in [-0.3, -0.25) is 0 Å². The molecule has 0 amide bonds. The average molecular weight is 291 g/mol. The number of nitrogens with zero attached hydrogens (tertiary/aromatic N) is 1. The second-order valence-corrected chi connectivity index (χ2v) is 4.45. The van der Waals surface area contributed by atoms with Crippen molar-refractivity contribution >= 4 is 28.1 Å². The Morgan fingerprint density at radius 2 is 2.20 bits per heavy atom. The summed E-state index contributed by atoms with van der Waals surface area (Å²) in [5, 5.41) is 0. The Labute approximate surface area is 103 Å². The number of nitrogens with one attached hydrogen (secondary N) is 1. The summed E-state index contributed by atoms with van der Waals surface area (Å²) in [6.07, 6.45) is 2.83. The predicted molar refractivity (Wildman–Crippen MR) is 66.7 cm³/mol. The molecule has 0 unspecified atom stereocenters. The van der Waals surface area contributed by atoms with E-state index in [-0.39, 0.29) is 0 Å². The molecule has 0 aliphatic heterocycles. The fourth-order valence-corrected chi connectivity index (χ4v) is 1.92. The summed E-state index contributed by atoms with van der Waals surface area (Å²) in [6, 6.07) is 0. The van der Waals surface area contributed by atoms with Crippen LogP contribution in [0.1, 0.15) is 24.9 Å². The minimum Gasteiger partial charge on any atom is -0.384 e. The molecule has 1 N–H and O–H groups in total. The number of aromatic nitrogens is 2. The van der Waals surface area contributed by atoms with Gasteiger partial charge in [-0.15, -0.1) is 0 Å². The summed E-state index contributed by atoms with van der Waals surface area (Å²) in [7, 11) is 1.68. The Hall–Kier alpha value is -0.260. The van der Waals surface area contributed by atoms with Gasteiger partial charge in [0, 0.05) is 19.2 Å². The van der Waals surface area contributed by atoms with Gasteiger partial charge in [0.25, 0.3) is 0 Å². The number of aryl methyl sites for hydroxylation is 1. The summed E-state index contributed by atoms with van der Waals surface area (Å²) in [4.78, 5) is 7.57. The van der Waals surface area contributed by atoms with Gasteiger partial charge in [-0.2, -0.15) is 0 Å². The molecular weight excluding hydrogens is 276 g/mol. The molecule has 0 spiro atoms. The molecule has 0 aliphatic rings. The molecule has 0 saturated heterocycles. The van der Waals surface area contributed by atoms with Crippen LogP contribution in [0.4, 0.5) is 0 Å². The maximum atomic E-state index is 5.17. The van der Waals surface area contributed by atoms with Gasteiger partial charge in [0.05, 0.1) is 11.1 Å². The van der Waals surface area contributed by atoms with Gasteiger partial charge in [-0.1, -0.05) is 25.6 Å². The Kier molecular flexibility index (Phi) is 5.42. The Balaban J connectivity index is 2.95. The first-order chi connectivity index (χ1) is 7.19. The van der Waals surface area contributed by atoms with Gasteiger partial charge in [-0.25, -0.2) is 4.98 Å². The Morgan fingerprint density at radius 1 is 1.47 bits per heavy atom. The third-order valence-corrected chi connectivity index (χ3v) is 3.44. The van der Waals surface area contributed by atoms with Crippen LogP contribution in [0.5, 0.6) is 0 Å². The average Bonchev–Trinajstić information content (AvgIpc) is 2.22. The lowest BCUT2D eigenvalue weighted by Crippen LogP contribution is -2.05. The zero-order valence-electron chi connectivity index (χ0n) is 8.97. The van der Waals surface area contributed by atoms with Crippen molar-refractivity contribution in [2.75, 3.05) is 13.7 Å². The molecule has 1 aromatic rings. The molecule has 0 fully saturated rings. The second kappa shape index (κ2) is 6.35. The summed E-state index contributed by atoms with van der Waals surface area (Å²) in [5.41, 5.74) is 1.13. The van der Waals surface area contributed by atoms with E-state index in [0.29, 0.717) is 11.2 Å². The Morgan fingerprint density at radius 3 is 2.80 bits per heavy atom. The van der Waals surface area contributed by atoms with Crippen molar-refractivity contribution in [1.82, 2.24) is 9.97 Å². The lowest BCUT2D eigenvalue weighted by molar-refractivity contribution is 0.200. The van der Waals surface area contributed by atoms with E-state index in [1.165, 1.54) is 0 Å². The fourth-order valence-electron chi connectivity index (χ4n) is 1.30. The monoisotopic (exact) mass is 290 g/mol. The van der Waals surface area contributed by atoms with Crippen LogP contribution < -0.4 is 0 Å². The molecule has 1 rings (SSSR count). The summed E-state index contributed by atoms with van der Waals surface area (Å²) < 4.78 is 6.56. The van der Waals surface area contributed by atoms with Crippen LogP contribution in [0.25, 0.3) is 0 Å². The lowest BCUT2D eigenvalue weighted by atomic mass is 10.2. The highest BCUT2D eigenvalue weighted by Crippen LogP contribution is 2.17. The molecule has 84 valence electrons. The summed E-state index contributed by atoms with van der Waals surface area (Å²) >= 11 is 8.63. The van der Waals surface area contributed by atoms with Crippen LogP contribution in [0.2, 0.25) is 0 Å². The smallest absolute Gasteiger partial charge is 0.144 e. The first-order valence-electron chi connectivity index (χ1n) is 4.95. The van der Waals surface area contributed by atoms with Gasteiger partial charge in [-0.05, 0) is 22.4 Å². The number of rotatable bonds is 5. The van der Waals surface area contributed by atoms with Crippen molar-refractivity contribution in [3.8, 4) is 0 Å². The largest absolute Gasteiger partial charge is 0.384 e. The van der Waals surface area contributed by atoms with Crippen LogP contribution in [0, 0.1) is 4.64 Å². The Bertz CT molecular complexity index is 378. The van der Waals surface area contributed by atoms with E-state index in [0.717, 1.165) is 35.3 Å². The van der Waals surface area contributed by atoms with Gasteiger partial charge in [0.15, 0.2) is 0 Å². The number of ether oxygens (including phenoxy) is 1. The normalized spacial score (nSPS) is 10.6. The number of aromatic amines is 1. The number of methoxy groups -OCH3 is 1. The predicted octanol–water partition coefficient (Wildman–Crippen LogP) is 3.04. The minimum absolute atomic E-state index is 0.628. The van der Waals surface area contributed by atoms with E-state index < -0.39 is 0 Å². The van der Waals surface area contributed by atoms with Gasteiger partial charge in [0.2, 0.25) is 0 Å². The van der Waals surface area contributed by atoms with E-state index >= 15 is 0 Å². The molecule has 5 heteroatoms. The number of H-pyrrole nitrogens is 1.